The molecule has 1 saturated heterocycles. The van der Waals surface area contributed by atoms with Gasteiger partial charge in [0.15, 0.2) is 0 Å². The molecule has 1 unspecified atom stereocenters. The number of benzene rings is 1. The van der Waals surface area contributed by atoms with E-state index in [4.69, 9.17) is 0 Å². The molecule has 1 aromatic rings. The normalized spacial score (nSPS) is 19.1. The fourth-order valence-electron chi connectivity index (χ4n) is 3.61. The molecule has 0 aromatic heterocycles. The second-order valence-electron chi connectivity index (χ2n) is 7.09. The second kappa shape index (κ2) is 8.49. The zero-order valence-electron chi connectivity index (χ0n) is 15.2. The number of anilines is 1. The van der Waals surface area contributed by atoms with Crippen molar-refractivity contribution in [1.82, 2.24) is 4.90 Å². The molecular weight excluding hydrogens is 284 g/mol. The predicted octanol–water partition coefficient (Wildman–Crippen LogP) is 4.71. The van der Waals surface area contributed by atoms with Gasteiger partial charge in [-0.05, 0) is 49.8 Å². The smallest absolute Gasteiger partial charge is 0.225 e. The van der Waals surface area contributed by atoms with Crippen molar-refractivity contribution in [3.05, 3.63) is 29.3 Å². The third kappa shape index (κ3) is 4.81. The standard InChI is InChI=1S/C20H32N2O/c1-5-17-10-6-7-13-22(17)14-12-19(23)21-20-16(4)9-8-11-18(20)15(2)3/h8-9,11,15,17H,5-7,10,12-14H2,1-4H3,(H,21,23). The van der Waals surface area contributed by atoms with E-state index < -0.39 is 0 Å². The van der Waals surface area contributed by atoms with Crippen LogP contribution < -0.4 is 5.32 Å². The van der Waals surface area contributed by atoms with Crippen molar-refractivity contribution in [3.63, 3.8) is 0 Å². The Kier molecular flexibility index (Phi) is 6.64. The summed E-state index contributed by atoms with van der Waals surface area (Å²) in [6, 6.07) is 6.92. The van der Waals surface area contributed by atoms with Gasteiger partial charge < -0.3 is 5.32 Å². The topological polar surface area (TPSA) is 32.3 Å². The lowest BCUT2D eigenvalue weighted by molar-refractivity contribution is -0.116. The quantitative estimate of drug-likeness (QED) is 0.824. The van der Waals surface area contributed by atoms with Gasteiger partial charge in [0.25, 0.3) is 0 Å². The number of aryl methyl sites for hydroxylation is 1. The Labute approximate surface area is 141 Å². The molecule has 1 aliphatic heterocycles. The number of carbonyl (C=O) groups excluding carboxylic acids is 1. The van der Waals surface area contributed by atoms with Crippen molar-refractivity contribution in [2.75, 3.05) is 18.4 Å². The van der Waals surface area contributed by atoms with Gasteiger partial charge in [-0.2, -0.15) is 0 Å². The summed E-state index contributed by atoms with van der Waals surface area (Å²) in [7, 11) is 0. The number of amides is 1. The molecule has 2 rings (SSSR count). The van der Waals surface area contributed by atoms with Crippen LogP contribution in [0.2, 0.25) is 0 Å². The minimum absolute atomic E-state index is 0.140. The van der Waals surface area contributed by atoms with Gasteiger partial charge in [-0.3, -0.25) is 9.69 Å². The van der Waals surface area contributed by atoms with Crippen molar-refractivity contribution in [1.29, 1.82) is 0 Å². The molecule has 1 fully saturated rings. The molecule has 1 aliphatic rings. The SMILES string of the molecule is CCC1CCCCN1CCC(=O)Nc1c(C)cccc1C(C)C. The number of carbonyl (C=O) groups is 1. The monoisotopic (exact) mass is 316 g/mol. The lowest BCUT2D eigenvalue weighted by atomic mass is 9.98. The summed E-state index contributed by atoms with van der Waals surface area (Å²) in [5.74, 6) is 0.554. The Bertz CT molecular complexity index is 524. The molecular formula is C20H32N2O. The maximum Gasteiger partial charge on any atom is 0.225 e. The van der Waals surface area contributed by atoms with E-state index in [1.807, 2.05) is 0 Å². The zero-order chi connectivity index (χ0) is 16.8. The minimum atomic E-state index is 0.140. The molecule has 128 valence electrons. The van der Waals surface area contributed by atoms with Gasteiger partial charge in [0.2, 0.25) is 5.91 Å². The van der Waals surface area contributed by atoms with E-state index in [0.29, 0.717) is 18.4 Å². The summed E-state index contributed by atoms with van der Waals surface area (Å²) < 4.78 is 0. The minimum Gasteiger partial charge on any atom is -0.326 e. The molecule has 1 atom stereocenters. The number of nitrogens with zero attached hydrogens (tertiary/aromatic N) is 1. The van der Waals surface area contributed by atoms with Crippen LogP contribution in [0, 0.1) is 6.92 Å². The van der Waals surface area contributed by atoms with Crippen LogP contribution in [-0.2, 0) is 4.79 Å². The highest BCUT2D eigenvalue weighted by Crippen LogP contribution is 2.27. The third-order valence-electron chi connectivity index (χ3n) is 5.04. The third-order valence-corrected chi connectivity index (χ3v) is 5.04. The maximum absolute atomic E-state index is 12.4. The number of piperidine rings is 1. The molecule has 0 aliphatic carbocycles. The summed E-state index contributed by atoms with van der Waals surface area (Å²) in [6.45, 7) is 10.7. The Balaban J connectivity index is 1.95. The highest BCUT2D eigenvalue weighted by atomic mass is 16.1. The maximum atomic E-state index is 12.4. The van der Waals surface area contributed by atoms with Crippen LogP contribution in [0.4, 0.5) is 5.69 Å². The molecule has 3 nitrogen and oxygen atoms in total. The molecule has 0 radical (unpaired) electrons. The first-order chi connectivity index (χ1) is 11.0. The van der Waals surface area contributed by atoms with Gasteiger partial charge in [-0.25, -0.2) is 0 Å². The summed E-state index contributed by atoms with van der Waals surface area (Å²) in [5, 5.41) is 3.17. The fraction of sp³-hybridized carbons (Fsp3) is 0.650. The van der Waals surface area contributed by atoms with Crippen molar-refractivity contribution in [3.8, 4) is 0 Å². The molecule has 0 spiro atoms. The van der Waals surface area contributed by atoms with Crippen LogP contribution in [-0.4, -0.2) is 29.9 Å². The van der Waals surface area contributed by atoms with Crippen LogP contribution in [0.15, 0.2) is 18.2 Å². The Morgan fingerprint density at radius 2 is 2.13 bits per heavy atom. The van der Waals surface area contributed by atoms with Crippen LogP contribution in [0.5, 0.6) is 0 Å². The number of nitrogens with one attached hydrogen (secondary N) is 1. The van der Waals surface area contributed by atoms with E-state index in [9.17, 15) is 4.79 Å². The van der Waals surface area contributed by atoms with E-state index in [2.05, 4.69) is 56.1 Å². The van der Waals surface area contributed by atoms with Crippen LogP contribution in [0.3, 0.4) is 0 Å². The average Bonchev–Trinajstić information content (AvgIpc) is 2.54. The van der Waals surface area contributed by atoms with Gasteiger partial charge in [-0.15, -0.1) is 0 Å². The molecule has 0 saturated carbocycles. The highest BCUT2D eigenvalue weighted by molar-refractivity contribution is 5.92. The van der Waals surface area contributed by atoms with Crippen molar-refractivity contribution < 1.29 is 4.79 Å². The lowest BCUT2D eigenvalue weighted by Crippen LogP contribution is -2.40. The number of rotatable bonds is 6. The first kappa shape index (κ1) is 18.0. The predicted molar refractivity (Wildman–Crippen MR) is 98.0 cm³/mol. The number of likely N-dealkylation sites (tertiary alicyclic amines) is 1. The van der Waals surface area contributed by atoms with Gasteiger partial charge in [0.1, 0.15) is 0 Å². The Morgan fingerprint density at radius 1 is 1.35 bits per heavy atom. The molecule has 1 N–H and O–H groups in total. The van der Waals surface area contributed by atoms with Crippen molar-refractivity contribution >= 4 is 11.6 Å². The van der Waals surface area contributed by atoms with Gasteiger partial charge >= 0.3 is 0 Å². The van der Waals surface area contributed by atoms with Crippen LogP contribution in [0.25, 0.3) is 0 Å². The van der Waals surface area contributed by atoms with E-state index in [0.717, 1.165) is 24.3 Å². The van der Waals surface area contributed by atoms with E-state index in [-0.39, 0.29) is 5.91 Å². The summed E-state index contributed by atoms with van der Waals surface area (Å²) >= 11 is 0. The van der Waals surface area contributed by atoms with E-state index in [1.54, 1.807) is 0 Å². The Morgan fingerprint density at radius 3 is 2.83 bits per heavy atom. The summed E-state index contributed by atoms with van der Waals surface area (Å²) in [4.78, 5) is 14.9. The fourth-order valence-corrected chi connectivity index (χ4v) is 3.61. The highest BCUT2D eigenvalue weighted by Gasteiger charge is 2.21. The average molecular weight is 316 g/mol. The molecule has 1 amide bonds. The van der Waals surface area contributed by atoms with E-state index >= 15 is 0 Å². The number of para-hydroxylation sites is 1. The number of hydrogen-bond acceptors (Lipinski definition) is 2. The largest absolute Gasteiger partial charge is 0.326 e. The lowest BCUT2D eigenvalue weighted by Gasteiger charge is -2.35. The van der Waals surface area contributed by atoms with Crippen LogP contribution in [0.1, 0.15) is 69.9 Å². The number of hydrogen-bond donors (Lipinski definition) is 1. The second-order valence-corrected chi connectivity index (χ2v) is 7.09. The van der Waals surface area contributed by atoms with E-state index in [1.165, 1.54) is 31.2 Å². The molecule has 3 heteroatoms. The zero-order valence-corrected chi connectivity index (χ0v) is 15.2. The molecule has 1 aromatic carbocycles. The summed E-state index contributed by atoms with van der Waals surface area (Å²) in [5.41, 5.74) is 3.38. The first-order valence-electron chi connectivity index (χ1n) is 9.16. The summed E-state index contributed by atoms with van der Waals surface area (Å²) in [6.07, 6.45) is 5.67. The molecule has 0 bridgehead atoms. The van der Waals surface area contributed by atoms with Gasteiger partial charge in [0, 0.05) is 24.7 Å². The van der Waals surface area contributed by atoms with Gasteiger partial charge in [0.05, 0.1) is 0 Å². The van der Waals surface area contributed by atoms with Gasteiger partial charge in [-0.1, -0.05) is 45.4 Å². The molecule has 1 heterocycles. The Hall–Kier alpha value is -1.35. The van der Waals surface area contributed by atoms with Crippen molar-refractivity contribution in [2.24, 2.45) is 0 Å². The first-order valence-corrected chi connectivity index (χ1v) is 9.16. The van der Waals surface area contributed by atoms with Crippen LogP contribution >= 0.6 is 0 Å². The molecule has 23 heavy (non-hydrogen) atoms. The van der Waals surface area contributed by atoms with Crippen molar-refractivity contribution in [2.45, 2.75) is 71.8 Å².